The summed E-state index contributed by atoms with van der Waals surface area (Å²) in [5.74, 6) is 0. The first kappa shape index (κ1) is 16.6. The second kappa shape index (κ2) is 16.1. The molecule has 0 amide bonds. The van der Waals surface area contributed by atoms with E-state index in [9.17, 15) is 0 Å². The smallest absolute Gasteiger partial charge is 0.115 e. The van der Waals surface area contributed by atoms with Crippen molar-refractivity contribution in [1.82, 2.24) is 9.97 Å². The van der Waals surface area contributed by atoms with Crippen molar-refractivity contribution in [2.75, 3.05) is 0 Å². The molecule has 0 unspecified atom stereocenters. The molecule has 1 rings (SSSR count). The number of hydrogen-bond acceptors (Lipinski definition) is 2. The topological polar surface area (TPSA) is 25.8 Å². The van der Waals surface area contributed by atoms with Crippen LogP contribution >= 0.6 is 0 Å². The molecule has 1 aromatic heterocycles. The molecule has 1 radical (unpaired) electrons. The van der Waals surface area contributed by atoms with E-state index in [1.807, 2.05) is 13.8 Å². The Bertz CT molecular complexity index is 83.5. The van der Waals surface area contributed by atoms with Crippen LogP contribution in [-0.4, -0.2) is 9.97 Å². The van der Waals surface area contributed by atoms with Gasteiger partial charge in [-0.05, 0) is 6.07 Å². The van der Waals surface area contributed by atoms with E-state index in [1.165, 1.54) is 6.33 Å². The molecule has 0 saturated heterocycles. The van der Waals surface area contributed by atoms with E-state index in [0.717, 1.165) is 0 Å². The van der Waals surface area contributed by atoms with Crippen molar-refractivity contribution < 1.29 is 32.7 Å². The van der Waals surface area contributed by atoms with Crippen LogP contribution in [0.5, 0.6) is 0 Å². The fourth-order valence-electron chi connectivity index (χ4n) is 0.253. The van der Waals surface area contributed by atoms with Gasteiger partial charge >= 0.3 is 0 Å². The first-order valence-corrected chi connectivity index (χ1v) is 2.70. The third-order valence-corrected chi connectivity index (χ3v) is 0.478. The molecule has 0 N–H and O–H groups in total. The predicted octanol–water partition coefficient (Wildman–Crippen LogP) is 1.95. The van der Waals surface area contributed by atoms with Crippen LogP contribution in [0.3, 0.4) is 0 Å². The van der Waals surface area contributed by atoms with Crippen molar-refractivity contribution >= 4 is 0 Å². The van der Waals surface area contributed by atoms with Crippen molar-refractivity contribution in [2.45, 2.75) is 13.8 Å². The zero-order valence-electron chi connectivity index (χ0n) is 6.78. The largest absolute Gasteiger partial charge is 0.358 e. The Hall–Kier alpha value is 0.184. The average Bonchev–Trinajstić information content (AvgIpc) is 1.96. The van der Waals surface area contributed by atoms with Gasteiger partial charge in [0.1, 0.15) is 6.33 Å². The molecule has 55 valence electrons. The van der Waals surface area contributed by atoms with Crippen LogP contribution in [0.4, 0.5) is 0 Å². The van der Waals surface area contributed by atoms with E-state index in [0.29, 0.717) is 0 Å². The minimum atomic E-state index is 0. The van der Waals surface area contributed by atoms with Gasteiger partial charge in [0.25, 0.3) is 0 Å². The molecule has 0 fully saturated rings. The van der Waals surface area contributed by atoms with Gasteiger partial charge in [0.05, 0.1) is 0 Å². The third kappa shape index (κ3) is 11.0. The van der Waals surface area contributed by atoms with Gasteiger partial charge in [-0.25, -0.2) is 9.97 Å². The second-order valence-corrected chi connectivity index (χ2v) is 0.904. The Kier molecular flexibility index (Phi) is 26.8. The maximum absolute atomic E-state index is 3.67. The normalized spacial score (nSPS) is 5.40. The summed E-state index contributed by atoms with van der Waals surface area (Å²) in [6.07, 6.45) is 4.88. The second-order valence-electron chi connectivity index (χ2n) is 0.904. The molecule has 2 nitrogen and oxygen atoms in total. The van der Waals surface area contributed by atoms with E-state index in [4.69, 9.17) is 0 Å². The molecule has 3 heteroatoms. The molecule has 1 aromatic rings. The number of rotatable bonds is 0. The molecular weight excluding hydrogens is 201 g/mol. The Labute approximate surface area is 88.4 Å². The average molecular weight is 214 g/mol. The fourth-order valence-corrected chi connectivity index (χ4v) is 0.253. The number of hydrogen-bond donors (Lipinski definition) is 0. The first-order valence-electron chi connectivity index (χ1n) is 2.70. The predicted molar refractivity (Wildman–Crippen MR) is 39.8 cm³/mol. The van der Waals surface area contributed by atoms with Gasteiger partial charge in [0.2, 0.25) is 0 Å². The number of nitrogens with zero attached hydrogens (tertiary/aromatic N) is 2. The molecule has 0 aliphatic rings. The van der Waals surface area contributed by atoms with Gasteiger partial charge in [-0.15, -0.1) is 0 Å². The van der Waals surface area contributed by atoms with Crippen molar-refractivity contribution in [3.05, 3.63) is 32.2 Å². The zero-order valence-corrected chi connectivity index (χ0v) is 9.62. The molecule has 0 spiro atoms. The minimum Gasteiger partial charge on any atom is -0.358 e. The molecular formula is C7H13N2Y-. The van der Waals surface area contributed by atoms with E-state index in [-0.39, 0.29) is 40.1 Å². The monoisotopic (exact) mass is 214 g/mol. The molecule has 0 aromatic carbocycles. The van der Waals surface area contributed by atoms with Gasteiger partial charge < -0.3 is 7.43 Å². The van der Waals surface area contributed by atoms with Crippen molar-refractivity contribution in [2.24, 2.45) is 0 Å². The van der Waals surface area contributed by atoms with Crippen LogP contribution in [-0.2, 0) is 32.7 Å². The molecule has 0 atom stereocenters. The van der Waals surface area contributed by atoms with E-state index in [2.05, 4.69) is 9.97 Å². The summed E-state index contributed by atoms with van der Waals surface area (Å²) in [7, 11) is 0. The molecule has 0 aliphatic carbocycles. The Morgan fingerprint density at radius 1 is 1.00 bits per heavy atom. The van der Waals surface area contributed by atoms with Gasteiger partial charge in [-0.2, -0.15) is 0 Å². The summed E-state index contributed by atoms with van der Waals surface area (Å²) in [5.41, 5.74) is 0. The number of aromatic nitrogens is 2. The third-order valence-electron chi connectivity index (χ3n) is 0.478. The quantitative estimate of drug-likeness (QED) is 0.617. The molecule has 0 bridgehead atoms. The van der Waals surface area contributed by atoms with Gasteiger partial charge in [-0.1, -0.05) is 13.8 Å². The van der Waals surface area contributed by atoms with Gasteiger partial charge in [0.15, 0.2) is 0 Å². The molecule has 0 saturated carbocycles. The molecule has 10 heavy (non-hydrogen) atoms. The van der Waals surface area contributed by atoms with Crippen molar-refractivity contribution in [1.29, 1.82) is 0 Å². The van der Waals surface area contributed by atoms with Crippen LogP contribution in [0.15, 0.2) is 24.8 Å². The van der Waals surface area contributed by atoms with Crippen molar-refractivity contribution in [3.63, 3.8) is 0 Å². The minimum absolute atomic E-state index is 0. The summed E-state index contributed by atoms with van der Waals surface area (Å²) >= 11 is 0. The maximum Gasteiger partial charge on any atom is 0.115 e. The maximum atomic E-state index is 3.67. The summed E-state index contributed by atoms with van der Waals surface area (Å²) < 4.78 is 0. The zero-order chi connectivity index (χ0) is 6.24. The Morgan fingerprint density at radius 2 is 1.40 bits per heavy atom. The van der Waals surface area contributed by atoms with Gasteiger partial charge in [0, 0.05) is 45.1 Å². The van der Waals surface area contributed by atoms with Crippen LogP contribution in [0.2, 0.25) is 0 Å². The SMILES string of the molecule is CC.[CH3-].[Y].c1cncnc1. The summed E-state index contributed by atoms with van der Waals surface area (Å²) in [6, 6.07) is 1.78. The fraction of sp³-hybridized carbons (Fsp3) is 0.286. The van der Waals surface area contributed by atoms with Crippen LogP contribution in [0.1, 0.15) is 13.8 Å². The Balaban J connectivity index is -0.000000114. The van der Waals surface area contributed by atoms with Gasteiger partial charge in [-0.3, -0.25) is 0 Å². The molecule has 0 aliphatic heterocycles. The van der Waals surface area contributed by atoms with Crippen LogP contribution < -0.4 is 0 Å². The molecule has 1 heterocycles. The van der Waals surface area contributed by atoms with Crippen LogP contribution in [0, 0.1) is 7.43 Å². The summed E-state index contributed by atoms with van der Waals surface area (Å²) in [6.45, 7) is 4.00. The van der Waals surface area contributed by atoms with E-state index < -0.39 is 0 Å². The van der Waals surface area contributed by atoms with E-state index >= 15 is 0 Å². The first-order chi connectivity index (χ1) is 4.00. The van der Waals surface area contributed by atoms with E-state index in [1.54, 1.807) is 18.5 Å². The van der Waals surface area contributed by atoms with Crippen molar-refractivity contribution in [3.8, 4) is 0 Å². The summed E-state index contributed by atoms with van der Waals surface area (Å²) in [5, 5.41) is 0. The standard InChI is InChI=1S/C4H4N2.C2H6.CH3.Y/c1-2-5-4-6-3-1;1-2;;/h1-4H;1-2H3;1H3;/q;;-1;. The Morgan fingerprint density at radius 3 is 1.50 bits per heavy atom. The van der Waals surface area contributed by atoms with Crippen LogP contribution in [0.25, 0.3) is 0 Å². The summed E-state index contributed by atoms with van der Waals surface area (Å²) in [4.78, 5) is 7.35.